The Balaban J connectivity index is 2.32. The number of carbonyl (C=O) groups excluding carboxylic acids is 1. The maximum Gasteiger partial charge on any atom is 0.377 e. The van der Waals surface area contributed by atoms with Gasteiger partial charge in [-0.05, 0) is 12.8 Å². The molecule has 0 saturated heterocycles. The van der Waals surface area contributed by atoms with Gasteiger partial charge in [-0.25, -0.2) is 0 Å². The van der Waals surface area contributed by atoms with E-state index in [1.165, 1.54) is 0 Å². The number of hydrogen-bond donors (Lipinski definition) is 1. The summed E-state index contributed by atoms with van der Waals surface area (Å²) in [5.41, 5.74) is 0. The van der Waals surface area contributed by atoms with Crippen molar-refractivity contribution in [2.24, 2.45) is 0 Å². The first-order valence-electron chi connectivity index (χ1n) is 2.88. The molecule has 0 heterocycles. The molecule has 0 bridgehead atoms. The monoisotopic (exact) mass is 213 g/mol. The minimum absolute atomic E-state index is 0.0177. The van der Waals surface area contributed by atoms with Gasteiger partial charge in [0.2, 0.25) is 0 Å². The van der Waals surface area contributed by atoms with Gasteiger partial charge < -0.3 is 5.32 Å². The minimum Gasteiger partial charge on any atom is -0.347 e. The van der Waals surface area contributed by atoms with E-state index >= 15 is 0 Å². The smallest absolute Gasteiger partial charge is 0.347 e. The molecule has 0 unspecified atom stereocenters. The number of rotatable bonds is 2. The molecule has 58 valence electrons. The van der Waals surface area contributed by atoms with E-state index in [-0.39, 0.29) is 6.04 Å². The SMILES string of the molecule is O=C(NC1CC1)C(F)(F)Br. The van der Waals surface area contributed by atoms with Crippen molar-refractivity contribution in [1.82, 2.24) is 5.32 Å². The normalized spacial score (nSPS) is 18.7. The summed E-state index contributed by atoms with van der Waals surface area (Å²) in [5, 5.41) is 2.16. The number of halogens is 3. The van der Waals surface area contributed by atoms with Crippen molar-refractivity contribution in [3.05, 3.63) is 0 Å². The molecule has 1 amide bonds. The van der Waals surface area contributed by atoms with Crippen LogP contribution in [0.1, 0.15) is 12.8 Å². The third-order valence-electron chi connectivity index (χ3n) is 1.17. The van der Waals surface area contributed by atoms with Crippen molar-refractivity contribution >= 4 is 21.8 Å². The number of alkyl halides is 3. The van der Waals surface area contributed by atoms with Crippen LogP contribution in [0.15, 0.2) is 0 Å². The fraction of sp³-hybridized carbons (Fsp3) is 0.800. The number of carbonyl (C=O) groups is 1. The summed E-state index contributed by atoms with van der Waals surface area (Å²) in [5.74, 6) is -1.24. The Morgan fingerprint density at radius 3 is 2.40 bits per heavy atom. The van der Waals surface area contributed by atoms with Crippen LogP contribution in [0.3, 0.4) is 0 Å². The quantitative estimate of drug-likeness (QED) is 0.688. The Bertz CT molecular complexity index is 152. The van der Waals surface area contributed by atoms with Gasteiger partial charge in [0, 0.05) is 22.0 Å². The highest BCUT2D eigenvalue weighted by Gasteiger charge is 2.38. The lowest BCUT2D eigenvalue weighted by Gasteiger charge is -2.07. The predicted octanol–water partition coefficient (Wildman–Crippen LogP) is 1.25. The molecular formula is C5H6BrF2NO. The Kier molecular flexibility index (Phi) is 1.94. The Labute approximate surface area is 65.1 Å². The molecule has 0 aromatic carbocycles. The lowest BCUT2D eigenvalue weighted by atomic mass is 10.6. The molecule has 0 aromatic rings. The zero-order chi connectivity index (χ0) is 7.78. The maximum absolute atomic E-state index is 12.0. The first kappa shape index (κ1) is 7.91. The first-order chi connectivity index (χ1) is 4.50. The fourth-order valence-electron chi connectivity index (χ4n) is 0.495. The topological polar surface area (TPSA) is 29.1 Å². The van der Waals surface area contributed by atoms with Crippen molar-refractivity contribution in [2.75, 3.05) is 0 Å². The van der Waals surface area contributed by atoms with E-state index in [1.807, 2.05) is 15.9 Å². The van der Waals surface area contributed by atoms with Gasteiger partial charge in [-0.1, -0.05) is 0 Å². The van der Waals surface area contributed by atoms with Crippen molar-refractivity contribution in [2.45, 2.75) is 23.7 Å². The third-order valence-corrected chi connectivity index (χ3v) is 1.53. The summed E-state index contributed by atoms with van der Waals surface area (Å²) in [4.78, 5) is 7.00. The van der Waals surface area contributed by atoms with Crippen molar-refractivity contribution < 1.29 is 13.6 Å². The standard InChI is InChI=1S/C5H6BrF2NO/c6-5(7,8)4(10)9-3-1-2-3/h3H,1-2H2,(H,9,10). The zero-order valence-corrected chi connectivity index (χ0v) is 6.62. The average Bonchev–Trinajstić information content (AvgIpc) is 2.47. The summed E-state index contributed by atoms with van der Waals surface area (Å²) >= 11 is 1.95. The molecule has 1 saturated carbocycles. The largest absolute Gasteiger partial charge is 0.377 e. The number of hydrogen-bond acceptors (Lipinski definition) is 1. The summed E-state index contributed by atoms with van der Waals surface area (Å²) in [6, 6.07) is -0.0177. The van der Waals surface area contributed by atoms with Gasteiger partial charge in [0.25, 0.3) is 0 Å². The third kappa shape index (κ3) is 2.21. The highest BCUT2D eigenvalue weighted by molar-refractivity contribution is 9.10. The molecular weight excluding hydrogens is 208 g/mol. The molecule has 5 heteroatoms. The van der Waals surface area contributed by atoms with Crippen LogP contribution in [0.5, 0.6) is 0 Å². The van der Waals surface area contributed by atoms with Gasteiger partial charge in [-0.15, -0.1) is 0 Å². The number of nitrogens with one attached hydrogen (secondary N) is 1. The molecule has 1 rings (SSSR count). The summed E-state index contributed by atoms with van der Waals surface area (Å²) in [6.07, 6.45) is 1.63. The summed E-state index contributed by atoms with van der Waals surface area (Å²) in [7, 11) is 0. The lowest BCUT2D eigenvalue weighted by molar-refractivity contribution is -0.134. The summed E-state index contributed by atoms with van der Waals surface area (Å²) < 4.78 is 24.0. The van der Waals surface area contributed by atoms with Crippen molar-refractivity contribution in [3.8, 4) is 0 Å². The predicted molar refractivity (Wildman–Crippen MR) is 35.0 cm³/mol. The number of amides is 1. The molecule has 0 atom stereocenters. The molecule has 0 aromatic heterocycles. The van der Waals surface area contributed by atoms with Crippen LogP contribution in [-0.4, -0.2) is 16.8 Å². The van der Waals surface area contributed by atoms with Gasteiger partial charge in [0.05, 0.1) is 0 Å². The lowest BCUT2D eigenvalue weighted by Crippen LogP contribution is -2.36. The maximum atomic E-state index is 12.0. The van der Waals surface area contributed by atoms with Gasteiger partial charge in [0.1, 0.15) is 0 Å². The second-order valence-corrected chi connectivity index (χ2v) is 3.24. The van der Waals surface area contributed by atoms with E-state index < -0.39 is 10.7 Å². The second-order valence-electron chi connectivity index (χ2n) is 2.25. The van der Waals surface area contributed by atoms with Crippen LogP contribution >= 0.6 is 15.9 Å². The first-order valence-corrected chi connectivity index (χ1v) is 3.67. The minimum atomic E-state index is -3.41. The molecule has 1 aliphatic rings. The van der Waals surface area contributed by atoms with Crippen LogP contribution in [-0.2, 0) is 4.79 Å². The molecule has 1 aliphatic carbocycles. The van der Waals surface area contributed by atoms with E-state index in [2.05, 4.69) is 5.32 Å². The molecule has 1 N–H and O–H groups in total. The van der Waals surface area contributed by atoms with Gasteiger partial charge in [0.15, 0.2) is 0 Å². The Morgan fingerprint density at radius 1 is 1.60 bits per heavy atom. The van der Waals surface area contributed by atoms with Gasteiger partial charge in [-0.3, -0.25) is 4.79 Å². The van der Waals surface area contributed by atoms with E-state index in [9.17, 15) is 13.6 Å². The molecule has 0 radical (unpaired) electrons. The van der Waals surface area contributed by atoms with Crippen molar-refractivity contribution in [3.63, 3.8) is 0 Å². The highest BCUT2D eigenvalue weighted by Crippen LogP contribution is 2.25. The molecule has 0 aliphatic heterocycles. The van der Waals surface area contributed by atoms with Gasteiger partial charge >= 0.3 is 10.7 Å². The molecule has 10 heavy (non-hydrogen) atoms. The van der Waals surface area contributed by atoms with Crippen LogP contribution in [0.25, 0.3) is 0 Å². The van der Waals surface area contributed by atoms with Crippen LogP contribution in [0.2, 0.25) is 0 Å². The highest BCUT2D eigenvalue weighted by atomic mass is 79.9. The average molecular weight is 214 g/mol. The zero-order valence-electron chi connectivity index (χ0n) is 5.03. The second kappa shape index (κ2) is 2.45. The molecule has 1 fully saturated rings. The van der Waals surface area contributed by atoms with E-state index in [1.54, 1.807) is 0 Å². The van der Waals surface area contributed by atoms with E-state index in [0.29, 0.717) is 0 Å². The molecule has 2 nitrogen and oxygen atoms in total. The van der Waals surface area contributed by atoms with Crippen LogP contribution in [0, 0.1) is 0 Å². The summed E-state index contributed by atoms with van der Waals surface area (Å²) in [6.45, 7) is 0. The fourth-order valence-corrected chi connectivity index (χ4v) is 0.609. The van der Waals surface area contributed by atoms with E-state index in [4.69, 9.17) is 0 Å². The van der Waals surface area contributed by atoms with Gasteiger partial charge in [-0.2, -0.15) is 8.78 Å². The molecule has 0 spiro atoms. The Hall–Kier alpha value is -0.190. The van der Waals surface area contributed by atoms with Crippen LogP contribution in [0.4, 0.5) is 8.78 Å². The Morgan fingerprint density at radius 2 is 2.10 bits per heavy atom. The van der Waals surface area contributed by atoms with Crippen LogP contribution < -0.4 is 5.32 Å². The van der Waals surface area contributed by atoms with Crippen molar-refractivity contribution in [1.29, 1.82) is 0 Å². The van der Waals surface area contributed by atoms with E-state index in [0.717, 1.165) is 12.8 Å².